The van der Waals surface area contributed by atoms with Crippen LogP contribution in [0.15, 0.2) is 59.9 Å². The summed E-state index contributed by atoms with van der Waals surface area (Å²) in [7, 11) is 0. The number of unbranched alkanes of at least 4 members (excludes halogenated alkanes) is 2. The highest BCUT2D eigenvalue weighted by Gasteiger charge is 2.40. The number of hydrogen-bond acceptors (Lipinski definition) is 12. The van der Waals surface area contributed by atoms with Gasteiger partial charge < -0.3 is 35.3 Å². The van der Waals surface area contributed by atoms with Crippen molar-refractivity contribution in [3.05, 3.63) is 104 Å². The Kier molecular flexibility index (Phi) is 14.3. The van der Waals surface area contributed by atoms with Crippen LogP contribution in [0.2, 0.25) is 0 Å². The van der Waals surface area contributed by atoms with Crippen molar-refractivity contribution >= 4 is 74.2 Å². The van der Waals surface area contributed by atoms with E-state index in [2.05, 4.69) is 80.5 Å². The number of anilines is 2. The number of piperazine rings is 1. The van der Waals surface area contributed by atoms with E-state index in [4.69, 9.17) is 0 Å². The van der Waals surface area contributed by atoms with Gasteiger partial charge in [0.25, 0.3) is 0 Å². The number of nitrogens with zero attached hydrogens (tertiary/aromatic N) is 5. The van der Waals surface area contributed by atoms with Crippen molar-refractivity contribution in [3.8, 4) is 6.07 Å². The second-order valence-corrected chi connectivity index (χ2v) is 19.7. The van der Waals surface area contributed by atoms with E-state index in [0.29, 0.717) is 53.1 Å². The van der Waals surface area contributed by atoms with Crippen molar-refractivity contribution in [2.75, 3.05) is 69.1 Å². The Balaban J connectivity index is 0.709. The molecule has 71 heavy (non-hydrogen) atoms. The number of benzene rings is 3. The van der Waals surface area contributed by atoms with Crippen molar-refractivity contribution in [3.63, 3.8) is 0 Å². The van der Waals surface area contributed by atoms with Gasteiger partial charge in [-0.25, -0.2) is 24.0 Å². The Morgan fingerprint density at radius 1 is 0.831 bits per heavy atom. The van der Waals surface area contributed by atoms with E-state index >= 15 is 0 Å². The molecule has 3 fully saturated rings. The van der Waals surface area contributed by atoms with Crippen LogP contribution in [0.25, 0.3) is 27.2 Å². The van der Waals surface area contributed by atoms with Gasteiger partial charge in [0.2, 0.25) is 5.91 Å². The quantitative estimate of drug-likeness (QED) is 0.0919. The summed E-state index contributed by atoms with van der Waals surface area (Å²) in [6.45, 7) is 14.3. The van der Waals surface area contributed by atoms with Gasteiger partial charge in [-0.1, -0.05) is 39.0 Å². The molecule has 15 nitrogen and oxygen atoms in total. The van der Waals surface area contributed by atoms with Crippen molar-refractivity contribution in [1.82, 2.24) is 30.0 Å². The topological polar surface area (TPSA) is 193 Å². The lowest BCUT2D eigenvalue weighted by Crippen LogP contribution is -2.53. The van der Waals surface area contributed by atoms with Gasteiger partial charge in [-0.2, -0.15) is 5.26 Å². The van der Waals surface area contributed by atoms with Crippen LogP contribution in [0.1, 0.15) is 112 Å². The van der Waals surface area contributed by atoms with Crippen molar-refractivity contribution < 1.29 is 28.8 Å². The average molecular weight is 954 g/mol. The van der Waals surface area contributed by atoms with Crippen LogP contribution >= 0.6 is 0 Å². The molecule has 1 aliphatic carbocycles. The van der Waals surface area contributed by atoms with Crippen LogP contribution in [0, 0.1) is 11.3 Å². The third-order valence-corrected chi connectivity index (χ3v) is 15.4. The number of carbonyl (C=O) groups excluding carboxylic acids is 6. The number of aromatic amines is 1. The molecule has 3 aliphatic heterocycles. The lowest BCUT2D eigenvalue weighted by Gasteiger charge is -2.44. The highest BCUT2D eigenvalue weighted by atomic mass is 16.1. The van der Waals surface area contributed by atoms with Gasteiger partial charge in [0.15, 0.2) is 11.9 Å². The first-order valence-corrected chi connectivity index (χ1v) is 25.0. The lowest BCUT2D eigenvalue weighted by molar-refractivity contribution is -0.121. The number of rotatable bonds is 14. The Labute approximate surface area is 412 Å². The van der Waals surface area contributed by atoms with E-state index in [1.54, 1.807) is 24.1 Å². The second-order valence-electron chi connectivity index (χ2n) is 19.7. The lowest BCUT2D eigenvalue weighted by atomic mass is 9.69. The Morgan fingerprint density at radius 2 is 1.61 bits per heavy atom. The molecule has 3 saturated heterocycles. The van der Waals surface area contributed by atoms with Gasteiger partial charge in [-0.3, -0.25) is 9.69 Å². The predicted octanol–water partition coefficient (Wildman–Crippen LogP) is 4.20. The number of aromatic nitrogens is 2. The minimum atomic E-state index is -0.726. The molecule has 3 aromatic carbocycles. The largest absolute Gasteiger partial charge is 0.384 e. The molecular weight excluding hydrogens is 895 g/mol. The van der Waals surface area contributed by atoms with Crippen LogP contribution in [0.5, 0.6) is 0 Å². The summed E-state index contributed by atoms with van der Waals surface area (Å²) in [4.78, 5) is 84.4. The second kappa shape index (κ2) is 20.9. The van der Waals surface area contributed by atoms with E-state index < -0.39 is 11.5 Å². The smallest absolute Gasteiger partial charge is 0.221 e. The van der Waals surface area contributed by atoms with Crippen molar-refractivity contribution in [1.29, 1.82) is 5.26 Å². The molecule has 364 valence electrons. The molecule has 4 N–H and O–H groups in total. The maximum atomic E-state index is 12.8. The number of allylic oxidation sites excluding steroid dienone is 2. The van der Waals surface area contributed by atoms with Crippen LogP contribution in [0.3, 0.4) is 0 Å². The molecule has 9 rings (SSSR count). The SMILES string of the molecule is CCc1cc2c(cc1N1CCC(N3CCN(CCC(=O)NCCCCCNc4cccc5c(=C=O)n(C6CCC(=C=O)NC6=C=O)c(=C=O)c45)CC3)CC1)C(C)(C)c1[nH]c3cc(C#N)ccc3c1C2=C=O. The van der Waals surface area contributed by atoms with E-state index in [0.717, 1.165) is 118 Å². The van der Waals surface area contributed by atoms with Gasteiger partial charge in [0.05, 0.1) is 23.2 Å². The number of hydrogen-bond donors (Lipinski definition) is 4. The number of aryl methyl sites for hydroxylation is 1. The zero-order chi connectivity index (χ0) is 49.8. The van der Waals surface area contributed by atoms with Gasteiger partial charge in [-0.15, -0.1) is 0 Å². The molecule has 15 heteroatoms. The number of nitrogens with one attached hydrogen (secondary N) is 4. The predicted molar refractivity (Wildman–Crippen MR) is 273 cm³/mol. The van der Waals surface area contributed by atoms with Crippen LogP contribution in [-0.4, -0.2) is 120 Å². The average Bonchev–Trinajstić information content (AvgIpc) is 3.96. The molecule has 0 bridgehead atoms. The normalized spacial score (nSPS) is 18.1. The summed E-state index contributed by atoms with van der Waals surface area (Å²) in [5.41, 5.74) is 8.90. The fourth-order valence-corrected chi connectivity index (χ4v) is 11.5. The standard InChI is InChI=1S/C56H59N9O6/c1-4-37-28-42-43(32-67)53-40-13-11-36(30-57)27-46(40)61-55(53)56(2,3)44(42)29-49(37)64-21-15-39(16-22-64)63-25-23-62(24-26-63)20-17-52(71)59-19-7-5-6-18-58-45-10-8-9-41-50(34-69)65(51(35-70)54(41)45)48-14-12-38(31-66)60-47(48)33-68/h8-11,13,27-29,39,48,58,60-61H,4-7,12,14-26H2,1-3H3,(H,59,71). The summed E-state index contributed by atoms with van der Waals surface area (Å²) in [5.74, 6) is 9.89. The summed E-state index contributed by atoms with van der Waals surface area (Å²) in [6, 6.07) is 17.5. The van der Waals surface area contributed by atoms with Crippen LogP contribution in [0.4, 0.5) is 11.4 Å². The molecule has 2 aromatic heterocycles. The summed E-state index contributed by atoms with van der Waals surface area (Å²) in [6.07, 6.45) is 6.51. The van der Waals surface area contributed by atoms with Crippen LogP contribution < -0.4 is 31.5 Å². The molecule has 1 atom stereocenters. The molecule has 5 heterocycles. The molecule has 0 saturated carbocycles. The number of nitriles is 1. The fraction of sp³-hybridized carbons (Fsp3) is 0.429. The number of carbonyl (C=O) groups is 1. The summed E-state index contributed by atoms with van der Waals surface area (Å²) < 4.78 is 1.46. The van der Waals surface area contributed by atoms with Gasteiger partial charge in [-0.05, 0) is 92.0 Å². The maximum absolute atomic E-state index is 12.8. The number of piperidine rings is 2. The van der Waals surface area contributed by atoms with Gasteiger partial charge >= 0.3 is 0 Å². The fourth-order valence-electron chi connectivity index (χ4n) is 11.5. The number of amides is 1. The maximum Gasteiger partial charge on any atom is 0.221 e. The Hall–Kier alpha value is -7.47. The Morgan fingerprint density at radius 3 is 2.31 bits per heavy atom. The first-order chi connectivity index (χ1) is 34.6. The van der Waals surface area contributed by atoms with Gasteiger partial charge in [0, 0.05) is 128 Å². The first kappa shape index (κ1) is 48.5. The minimum Gasteiger partial charge on any atom is -0.384 e. The van der Waals surface area contributed by atoms with E-state index in [9.17, 15) is 34.0 Å². The monoisotopic (exact) mass is 953 g/mol. The highest BCUT2D eigenvalue weighted by molar-refractivity contribution is 6.10. The minimum absolute atomic E-state index is 0.0334. The molecule has 5 aromatic rings. The number of H-pyrrole nitrogens is 1. The first-order valence-electron chi connectivity index (χ1n) is 25.0. The third-order valence-electron chi connectivity index (χ3n) is 15.4. The highest BCUT2D eigenvalue weighted by Crippen LogP contribution is 2.50. The molecule has 4 aliphatic rings. The molecule has 0 radical (unpaired) electrons. The van der Waals surface area contributed by atoms with E-state index in [1.165, 1.54) is 15.8 Å². The van der Waals surface area contributed by atoms with Crippen molar-refractivity contribution in [2.24, 2.45) is 0 Å². The van der Waals surface area contributed by atoms with E-state index in [-0.39, 0.29) is 40.8 Å². The van der Waals surface area contributed by atoms with Crippen molar-refractivity contribution in [2.45, 2.75) is 96.1 Å². The number of fused-ring (bicyclic) bond motifs is 5. The van der Waals surface area contributed by atoms with Crippen LogP contribution in [-0.2, 0) is 40.6 Å². The zero-order valence-corrected chi connectivity index (χ0v) is 40.7. The molecule has 1 amide bonds. The molecule has 1 unspecified atom stereocenters. The molecule has 0 spiro atoms. The van der Waals surface area contributed by atoms with E-state index in [1.807, 2.05) is 36.0 Å². The summed E-state index contributed by atoms with van der Waals surface area (Å²) in [5, 5.41) is 20.9. The Bertz CT molecular complexity index is 3300. The summed E-state index contributed by atoms with van der Waals surface area (Å²) >= 11 is 0. The zero-order valence-electron chi connectivity index (χ0n) is 40.7. The van der Waals surface area contributed by atoms with Gasteiger partial charge in [0.1, 0.15) is 39.9 Å². The molecular formula is C56H59N9O6. The third kappa shape index (κ3) is 9.23.